The first kappa shape index (κ1) is 11.6. The fraction of sp³-hybridized carbons (Fsp3) is 0.214. The highest BCUT2D eigenvalue weighted by Gasteiger charge is 2.03. The molecule has 3 heteroatoms. The van der Waals surface area contributed by atoms with E-state index in [1.54, 1.807) is 6.20 Å². The van der Waals surface area contributed by atoms with Gasteiger partial charge in [0, 0.05) is 19.8 Å². The van der Waals surface area contributed by atoms with Crippen LogP contribution in [0.1, 0.15) is 11.1 Å². The van der Waals surface area contributed by atoms with Crippen LogP contribution in [0.25, 0.3) is 0 Å². The summed E-state index contributed by atoms with van der Waals surface area (Å²) in [5.74, 6) is 0.875. The van der Waals surface area contributed by atoms with Crippen LogP contribution in [-0.4, -0.2) is 17.1 Å². The molecule has 2 aromatic rings. The lowest BCUT2D eigenvalue weighted by molar-refractivity contribution is 0.281. The third-order valence-electron chi connectivity index (χ3n) is 2.65. The summed E-state index contributed by atoms with van der Waals surface area (Å²) in [4.78, 5) is 6.36. The number of anilines is 1. The first-order valence-corrected chi connectivity index (χ1v) is 5.60. The summed E-state index contributed by atoms with van der Waals surface area (Å²) < 4.78 is 0. The van der Waals surface area contributed by atoms with Gasteiger partial charge in [0.2, 0.25) is 0 Å². The van der Waals surface area contributed by atoms with Gasteiger partial charge in [-0.15, -0.1) is 0 Å². The zero-order chi connectivity index (χ0) is 12.1. The van der Waals surface area contributed by atoms with Crippen molar-refractivity contribution in [2.45, 2.75) is 13.2 Å². The van der Waals surface area contributed by atoms with Gasteiger partial charge in [-0.2, -0.15) is 0 Å². The molecular formula is C14H16N2O. The van der Waals surface area contributed by atoms with E-state index in [0.717, 1.165) is 17.9 Å². The van der Waals surface area contributed by atoms with Crippen molar-refractivity contribution in [1.82, 2.24) is 4.98 Å². The molecule has 0 fully saturated rings. The van der Waals surface area contributed by atoms with Crippen molar-refractivity contribution < 1.29 is 5.11 Å². The van der Waals surface area contributed by atoms with E-state index in [4.69, 9.17) is 5.11 Å². The summed E-state index contributed by atoms with van der Waals surface area (Å²) in [5.41, 5.74) is 2.13. The van der Waals surface area contributed by atoms with Crippen molar-refractivity contribution in [1.29, 1.82) is 0 Å². The molecule has 88 valence electrons. The van der Waals surface area contributed by atoms with Crippen LogP contribution in [-0.2, 0) is 13.2 Å². The number of aromatic nitrogens is 1. The van der Waals surface area contributed by atoms with Crippen LogP contribution in [0.15, 0.2) is 48.7 Å². The van der Waals surface area contributed by atoms with Crippen molar-refractivity contribution in [3.05, 3.63) is 59.8 Å². The largest absolute Gasteiger partial charge is 0.392 e. The molecule has 0 aliphatic carbocycles. The molecule has 0 amide bonds. The molecule has 0 atom stereocenters. The molecule has 3 nitrogen and oxygen atoms in total. The number of hydrogen-bond acceptors (Lipinski definition) is 3. The zero-order valence-electron chi connectivity index (χ0n) is 9.87. The third kappa shape index (κ3) is 3.04. The summed E-state index contributed by atoms with van der Waals surface area (Å²) in [6, 6.07) is 14.0. The molecule has 1 aromatic heterocycles. The van der Waals surface area contributed by atoms with Gasteiger partial charge in [0.15, 0.2) is 0 Å². The summed E-state index contributed by atoms with van der Waals surface area (Å²) in [6.07, 6.45) is 1.72. The van der Waals surface area contributed by atoms with Crippen molar-refractivity contribution in [3.8, 4) is 0 Å². The topological polar surface area (TPSA) is 36.4 Å². The number of pyridine rings is 1. The van der Waals surface area contributed by atoms with E-state index in [9.17, 15) is 0 Å². The lowest BCUT2D eigenvalue weighted by Gasteiger charge is -2.18. The lowest BCUT2D eigenvalue weighted by atomic mass is 10.2. The van der Waals surface area contributed by atoms with Crippen LogP contribution in [0.4, 0.5) is 5.82 Å². The number of aliphatic hydroxyl groups is 1. The first-order valence-electron chi connectivity index (χ1n) is 5.60. The Kier molecular flexibility index (Phi) is 3.73. The molecule has 2 rings (SSSR count). The second-order valence-corrected chi connectivity index (χ2v) is 4.02. The Morgan fingerprint density at radius 3 is 2.59 bits per heavy atom. The Morgan fingerprint density at radius 1 is 1.12 bits per heavy atom. The van der Waals surface area contributed by atoms with Gasteiger partial charge in [0.05, 0.1) is 6.61 Å². The van der Waals surface area contributed by atoms with Gasteiger partial charge in [-0.25, -0.2) is 4.98 Å². The van der Waals surface area contributed by atoms with Crippen LogP contribution in [0.2, 0.25) is 0 Å². The molecule has 0 spiro atoms. The molecular weight excluding hydrogens is 212 g/mol. The molecule has 0 saturated heterocycles. The van der Waals surface area contributed by atoms with E-state index >= 15 is 0 Å². The average molecular weight is 228 g/mol. The number of hydrogen-bond donors (Lipinski definition) is 1. The standard InChI is InChI=1S/C14H16N2O/c1-16(10-12-5-3-2-4-6-12)14-9-13(11-17)7-8-15-14/h2-9,17H,10-11H2,1H3. The number of benzene rings is 1. The maximum atomic E-state index is 9.09. The summed E-state index contributed by atoms with van der Waals surface area (Å²) in [7, 11) is 2.00. The number of rotatable bonds is 4. The van der Waals surface area contributed by atoms with Crippen molar-refractivity contribution in [3.63, 3.8) is 0 Å². The average Bonchev–Trinajstić information content (AvgIpc) is 2.40. The molecule has 1 aromatic carbocycles. The first-order chi connectivity index (χ1) is 8.29. The predicted molar refractivity (Wildman–Crippen MR) is 68.7 cm³/mol. The Morgan fingerprint density at radius 2 is 1.88 bits per heavy atom. The van der Waals surface area contributed by atoms with E-state index < -0.39 is 0 Å². The van der Waals surface area contributed by atoms with Gasteiger partial charge in [-0.1, -0.05) is 30.3 Å². The Labute approximate surface area is 101 Å². The fourth-order valence-electron chi connectivity index (χ4n) is 1.71. The second-order valence-electron chi connectivity index (χ2n) is 4.02. The normalized spacial score (nSPS) is 10.2. The van der Waals surface area contributed by atoms with Crippen LogP contribution in [0.3, 0.4) is 0 Å². The minimum atomic E-state index is 0.0503. The Balaban J connectivity index is 2.11. The van der Waals surface area contributed by atoms with Gasteiger partial charge in [0.1, 0.15) is 5.82 Å². The molecule has 0 bridgehead atoms. The van der Waals surface area contributed by atoms with Crippen LogP contribution < -0.4 is 4.90 Å². The van der Waals surface area contributed by atoms with Gasteiger partial charge in [0.25, 0.3) is 0 Å². The maximum absolute atomic E-state index is 9.09. The molecule has 0 unspecified atom stereocenters. The Hall–Kier alpha value is -1.87. The van der Waals surface area contributed by atoms with Crippen molar-refractivity contribution >= 4 is 5.82 Å². The van der Waals surface area contributed by atoms with E-state index in [1.165, 1.54) is 5.56 Å². The molecule has 0 saturated carbocycles. The van der Waals surface area contributed by atoms with Gasteiger partial charge >= 0.3 is 0 Å². The smallest absolute Gasteiger partial charge is 0.128 e. The predicted octanol–water partition coefficient (Wildman–Crippen LogP) is 2.21. The highest BCUT2D eigenvalue weighted by molar-refractivity contribution is 5.40. The molecule has 0 aliphatic rings. The van der Waals surface area contributed by atoms with E-state index in [0.29, 0.717) is 0 Å². The summed E-state index contributed by atoms with van der Waals surface area (Å²) >= 11 is 0. The summed E-state index contributed by atoms with van der Waals surface area (Å²) in [5, 5.41) is 9.09. The quantitative estimate of drug-likeness (QED) is 0.871. The monoisotopic (exact) mass is 228 g/mol. The zero-order valence-corrected chi connectivity index (χ0v) is 9.87. The Bertz CT molecular complexity index is 471. The highest BCUT2D eigenvalue weighted by Crippen LogP contribution is 2.14. The van der Waals surface area contributed by atoms with E-state index in [2.05, 4.69) is 22.0 Å². The number of nitrogens with zero attached hydrogens (tertiary/aromatic N) is 2. The lowest BCUT2D eigenvalue weighted by Crippen LogP contribution is -2.17. The second kappa shape index (κ2) is 5.46. The van der Waals surface area contributed by atoms with E-state index in [1.807, 2.05) is 37.4 Å². The van der Waals surface area contributed by atoms with Gasteiger partial charge in [-0.3, -0.25) is 0 Å². The molecule has 17 heavy (non-hydrogen) atoms. The SMILES string of the molecule is CN(Cc1ccccc1)c1cc(CO)ccn1. The van der Waals surface area contributed by atoms with Crippen molar-refractivity contribution in [2.24, 2.45) is 0 Å². The van der Waals surface area contributed by atoms with Gasteiger partial charge < -0.3 is 10.0 Å². The third-order valence-corrected chi connectivity index (χ3v) is 2.65. The molecule has 0 radical (unpaired) electrons. The van der Waals surface area contributed by atoms with Crippen LogP contribution in [0.5, 0.6) is 0 Å². The fourth-order valence-corrected chi connectivity index (χ4v) is 1.71. The number of aliphatic hydroxyl groups excluding tert-OH is 1. The molecule has 1 N–H and O–H groups in total. The highest BCUT2D eigenvalue weighted by atomic mass is 16.3. The van der Waals surface area contributed by atoms with Crippen LogP contribution >= 0.6 is 0 Å². The minimum Gasteiger partial charge on any atom is -0.392 e. The van der Waals surface area contributed by atoms with Gasteiger partial charge in [-0.05, 0) is 23.3 Å². The molecule has 0 aliphatic heterocycles. The van der Waals surface area contributed by atoms with Crippen molar-refractivity contribution in [2.75, 3.05) is 11.9 Å². The van der Waals surface area contributed by atoms with E-state index in [-0.39, 0.29) is 6.61 Å². The summed E-state index contributed by atoms with van der Waals surface area (Å²) in [6.45, 7) is 0.859. The molecule has 1 heterocycles. The minimum absolute atomic E-state index is 0.0503. The maximum Gasteiger partial charge on any atom is 0.128 e. The van der Waals surface area contributed by atoms with Crippen LogP contribution in [0, 0.1) is 0 Å².